The zero-order chi connectivity index (χ0) is 22.8. The lowest BCUT2D eigenvalue weighted by atomic mass is 10.1. The van der Waals surface area contributed by atoms with Crippen LogP contribution < -0.4 is 11.0 Å². The fourth-order valence-corrected chi connectivity index (χ4v) is 8.21. The van der Waals surface area contributed by atoms with Gasteiger partial charge in [-0.2, -0.15) is 11.8 Å². The van der Waals surface area contributed by atoms with Gasteiger partial charge in [0.15, 0.2) is 0 Å². The number of hydrogen-bond acceptors (Lipinski definition) is 6. The van der Waals surface area contributed by atoms with E-state index in [9.17, 15) is 9.59 Å². The predicted octanol–water partition coefficient (Wildman–Crippen LogP) is 6.94. The smallest absolute Gasteiger partial charge is 0.281 e. The molecule has 0 aromatic heterocycles. The molecule has 3 aliphatic rings. The van der Waals surface area contributed by atoms with Crippen LogP contribution in [0.5, 0.6) is 0 Å². The fourth-order valence-electron chi connectivity index (χ4n) is 4.66. The first-order valence-electron chi connectivity index (χ1n) is 12.9. The molecule has 6 heteroatoms. The third-order valence-corrected chi connectivity index (χ3v) is 10.2. The maximum Gasteiger partial charge on any atom is 0.320 e. The van der Waals surface area contributed by atoms with E-state index in [1.165, 1.54) is 95.6 Å². The minimum absolute atomic E-state index is 0.284. The van der Waals surface area contributed by atoms with Crippen molar-refractivity contribution in [2.75, 3.05) is 5.75 Å². The molecule has 0 aromatic carbocycles. The van der Waals surface area contributed by atoms with Gasteiger partial charge in [-0.05, 0) is 18.9 Å². The van der Waals surface area contributed by atoms with Crippen molar-refractivity contribution in [3.8, 4) is 11.4 Å². The molecule has 0 aliphatic carbocycles. The van der Waals surface area contributed by atoms with Gasteiger partial charge < -0.3 is 0 Å². The van der Waals surface area contributed by atoms with Gasteiger partial charge in [0.2, 0.25) is 0 Å². The van der Waals surface area contributed by atoms with E-state index in [0.717, 1.165) is 5.69 Å². The number of fused-ring (bicyclic) bond motifs is 1. The van der Waals surface area contributed by atoms with Crippen molar-refractivity contribution in [3.63, 3.8) is 0 Å². The van der Waals surface area contributed by atoms with Crippen molar-refractivity contribution in [1.82, 2.24) is 9.97 Å². The molecule has 178 valence electrons. The molecule has 1 fully saturated rings. The maximum absolute atomic E-state index is 12.1. The summed E-state index contributed by atoms with van der Waals surface area (Å²) in [4.78, 5) is 32.2. The van der Waals surface area contributed by atoms with Gasteiger partial charge in [-0.25, -0.2) is 9.97 Å². The van der Waals surface area contributed by atoms with Crippen LogP contribution in [-0.2, 0) is 0 Å². The standard InChI is InChI=1S/C26H40N2O2S2/c1-3-5-7-9-11-13-15-19-18-31-22(16-14-12-10-8-6-4-2)25(32-19)21-17-20-23(27-21)24(29)26(30)28-20/h17,19,22,25H,3-16,18H2,1-2H3. The summed E-state index contributed by atoms with van der Waals surface area (Å²) < 4.78 is 0. The van der Waals surface area contributed by atoms with Gasteiger partial charge in [-0.1, -0.05) is 90.9 Å². The van der Waals surface area contributed by atoms with Crippen LogP contribution in [0.3, 0.4) is 0 Å². The van der Waals surface area contributed by atoms with Crippen LogP contribution in [0.15, 0.2) is 15.7 Å². The summed E-state index contributed by atoms with van der Waals surface area (Å²) in [5.41, 5.74) is 0.560. The molecular formula is C26H40N2O2S2. The highest BCUT2D eigenvalue weighted by molar-refractivity contribution is 8.07. The summed E-state index contributed by atoms with van der Waals surface area (Å²) in [6.07, 6.45) is 18.4. The molecule has 1 saturated heterocycles. The van der Waals surface area contributed by atoms with Crippen molar-refractivity contribution < 1.29 is 0 Å². The highest BCUT2D eigenvalue weighted by Crippen LogP contribution is 2.49. The lowest BCUT2D eigenvalue weighted by Gasteiger charge is -2.35. The number of thioether (sulfide) groups is 2. The van der Waals surface area contributed by atoms with Gasteiger partial charge in [0.25, 0.3) is 5.43 Å². The van der Waals surface area contributed by atoms with E-state index in [0.29, 0.717) is 21.4 Å². The highest BCUT2D eigenvalue weighted by Gasteiger charge is 2.35. The lowest BCUT2D eigenvalue weighted by molar-refractivity contribution is 0.571. The van der Waals surface area contributed by atoms with E-state index in [4.69, 9.17) is 0 Å². The normalized spacial score (nSPS) is 21.5. The third kappa shape index (κ3) is 7.31. The third-order valence-electron chi connectivity index (χ3n) is 6.59. The average Bonchev–Trinajstić information content (AvgIpc) is 3.32. The molecular weight excluding hydrogens is 436 g/mol. The van der Waals surface area contributed by atoms with E-state index in [1.807, 2.05) is 6.07 Å². The molecule has 0 amide bonds. The summed E-state index contributed by atoms with van der Waals surface area (Å²) in [6, 6.07) is 1.91. The highest BCUT2D eigenvalue weighted by atomic mass is 32.2. The Kier molecular flexibility index (Phi) is 11.0. The molecule has 3 heterocycles. The van der Waals surface area contributed by atoms with Gasteiger partial charge in [-0.15, -0.1) is 11.8 Å². The number of aromatic nitrogens is 2. The number of nitrogens with zero attached hydrogens (tertiary/aromatic N) is 2. The molecule has 0 saturated carbocycles. The first kappa shape index (κ1) is 25.7. The van der Waals surface area contributed by atoms with Crippen LogP contribution >= 0.6 is 23.5 Å². The number of hydrogen-bond donors (Lipinski definition) is 0. The minimum Gasteiger partial charge on any atom is -0.281 e. The Morgan fingerprint density at radius 2 is 1.47 bits per heavy atom. The molecule has 3 aliphatic heterocycles. The van der Waals surface area contributed by atoms with Crippen LogP contribution in [0.4, 0.5) is 0 Å². The molecule has 4 nitrogen and oxygen atoms in total. The topological polar surface area (TPSA) is 59.9 Å². The van der Waals surface area contributed by atoms with E-state index in [2.05, 4.69) is 47.3 Å². The average molecular weight is 477 g/mol. The van der Waals surface area contributed by atoms with Crippen molar-refractivity contribution in [2.24, 2.45) is 0 Å². The van der Waals surface area contributed by atoms with Crippen LogP contribution in [0.25, 0.3) is 11.4 Å². The van der Waals surface area contributed by atoms with E-state index in [-0.39, 0.29) is 5.69 Å². The molecule has 32 heavy (non-hydrogen) atoms. The van der Waals surface area contributed by atoms with Gasteiger partial charge >= 0.3 is 5.56 Å². The van der Waals surface area contributed by atoms with Crippen LogP contribution in [0.2, 0.25) is 0 Å². The Balaban J connectivity index is 1.58. The SMILES string of the molecule is CCCCCCCCC1CSC(CCCCCCCC)C(c2cc3nc(=O)c(=O)c-3n2)S1. The molecule has 0 aromatic rings. The molecule has 3 unspecified atom stereocenters. The van der Waals surface area contributed by atoms with Gasteiger partial charge in [0.1, 0.15) is 5.69 Å². The Morgan fingerprint density at radius 3 is 2.12 bits per heavy atom. The van der Waals surface area contributed by atoms with Crippen LogP contribution in [0, 0.1) is 0 Å². The quantitative estimate of drug-likeness (QED) is 0.205. The zero-order valence-electron chi connectivity index (χ0n) is 19.9. The minimum atomic E-state index is -0.663. The second kappa shape index (κ2) is 13.7. The second-order valence-electron chi connectivity index (χ2n) is 9.32. The fraction of sp³-hybridized carbons (Fsp3) is 0.769. The zero-order valence-corrected chi connectivity index (χ0v) is 21.6. The summed E-state index contributed by atoms with van der Waals surface area (Å²) in [5, 5.41) is 1.49. The van der Waals surface area contributed by atoms with E-state index >= 15 is 0 Å². The summed E-state index contributed by atoms with van der Waals surface area (Å²) in [7, 11) is 0. The summed E-state index contributed by atoms with van der Waals surface area (Å²) in [6.45, 7) is 4.53. The van der Waals surface area contributed by atoms with Gasteiger partial charge in [0, 0.05) is 16.3 Å². The number of unbranched alkanes of at least 4 members (excludes halogenated alkanes) is 10. The van der Waals surface area contributed by atoms with Crippen LogP contribution in [-0.4, -0.2) is 26.2 Å². The first-order chi connectivity index (χ1) is 15.6. The summed E-state index contributed by atoms with van der Waals surface area (Å²) in [5.74, 6) is 1.22. The Labute approximate surface area is 202 Å². The molecule has 0 radical (unpaired) electrons. The molecule has 3 rings (SSSR count). The van der Waals surface area contributed by atoms with E-state index < -0.39 is 11.0 Å². The molecule has 0 N–H and O–H groups in total. The molecule has 0 spiro atoms. The molecule has 3 atom stereocenters. The van der Waals surface area contributed by atoms with Gasteiger partial charge in [0.05, 0.1) is 16.6 Å². The number of rotatable bonds is 15. The molecule has 0 bridgehead atoms. The summed E-state index contributed by atoms with van der Waals surface area (Å²) >= 11 is 4.18. The van der Waals surface area contributed by atoms with E-state index in [1.54, 1.807) is 0 Å². The van der Waals surface area contributed by atoms with Crippen LogP contribution in [0.1, 0.15) is 115 Å². The Bertz CT molecular complexity index is 849. The van der Waals surface area contributed by atoms with Crippen molar-refractivity contribution in [2.45, 2.75) is 119 Å². The second-order valence-corrected chi connectivity index (χ2v) is 12.0. The maximum atomic E-state index is 12.1. The van der Waals surface area contributed by atoms with Crippen molar-refractivity contribution in [3.05, 3.63) is 32.3 Å². The van der Waals surface area contributed by atoms with Gasteiger partial charge in [-0.3, -0.25) is 9.59 Å². The largest absolute Gasteiger partial charge is 0.320 e. The first-order valence-corrected chi connectivity index (χ1v) is 14.9. The van der Waals surface area contributed by atoms with Crippen molar-refractivity contribution >= 4 is 23.5 Å². The Morgan fingerprint density at radius 1 is 0.844 bits per heavy atom. The Hall–Kier alpha value is -0.880. The monoisotopic (exact) mass is 476 g/mol. The lowest BCUT2D eigenvalue weighted by Crippen LogP contribution is -2.26. The van der Waals surface area contributed by atoms with Crippen molar-refractivity contribution in [1.29, 1.82) is 0 Å². The predicted molar refractivity (Wildman–Crippen MR) is 140 cm³/mol.